The lowest BCUT2D eigenvalue weighted by Crippen LogP contribution is -2.51. The van der Waals surface area contributed by atoms with Crippen LogP contribution in [-0.4, -0.2) is 35.4 Å². The molecular weight excluding hydrogens is 412 g/mol. The van der Waals surface area contributed by atoms with E-state index in [0.717, 1.165) is 36.8 Å². The highest BCUT2D eigenvalue weighted by atomic mass is 35.5. The van der Waals surface area contributed by atoms with Gasteiger partial charge in [-0.05, 0) is 44.4 Å². The molecule has 5 nitrogen and oxygen atoms in total. The molecule has 1 aliphatic carbocycles. The third-order valence-corrected chi connectivity index (χ3v) is 6.05. The fraction of sp³-hybridized carbons (Fsp3) is 0.440. The van der Waals surface area contributed by atoms with E-state index >= 15 is 0 Å². The standard InChI is InChI=1S/C25H31ClN2O3/c1-18-9-8-10-20(15-18)16-28(19(2)25(30)27-21-11-4-3-5-12-21)24(29)17-31-23-14-7-6-13-22(23)26/h6-10,13-15,19,21H,3-5,11-12,16-17H2,1-2H3,(H,27,30)/t19-/m1/s1. The van der Waals surface area contributed by atoms with Crippen molar-refractivity contribution in [2.24, 2.45) is 0 Å². The predicted molar refractivity (Wildman–Crippen MR) is 123 cm³/mol. The lowest BCUT2D eigenvalue weighted by Gasteiger charge is -2.31. The van der Waals surface area contributed by atoms with E-state index < -0.39 is 6.04 Å². The number of hydrogen-bond acceptors (Lipinski definition) is 3. The number of para-hydroxylation sites is 1. The summed E-state index contributed by atoms with van der Waals surface area (Å²) in [6, 6.07) is 14.6. The molecule has 2 aromatic carbocycles. The van der Waals surface area contributed by atoms with Gasteiger partial charge in [0.25, 0.3) is 5.91 Å². The largest absolute Gasteiger partial charge is 0.482 e. The van der Waals surface area contributed by atoms with Crippen LogP contribution in [0.1, 0.15) is 50.2 Å². The fourth-order valence-electron chi connectivity index (χ4n) is 3.94. The Bertz CT molecular complexity index is 896. The van der Waals surface area contributed by atoms with E-state index in [4.69, 9.17) is 16.3 Å². The quantitative estimate of drug-likeness (QED) is 0.633. The summed E-state index contributed by atoms with van der Waals surface area (Å²) in [6.07, 6.45) is 5.49. The highest BCUT2D eigenvalue weighted by molar-refractivity contribution is 6.32. The van der Waals surface area contributed by atoms with Crippen LogP contribution in [0.15, 0.2) is 48.5 Å². The summed E-state index contributed by atoms with van der Waals surface area (Å²) in [5.41, 5.74) is 2.08. The molecule has 0 aromatic heterocycles. The first kappa shape index (κ1) is 23.1. The molecule has 6 heteroatoms. The number of rotatable bonds is 8. The van der Waals surface area contributed by atoms with Crippen LogP contribution in [0.4, 0.5) is 0 Å². The normalized spacial score (nSPS) is 15.2. The second kappa shape index (κ2) is 11.2. The molecule has 166 valence electrons. The van der Waals surface area contributed by atoms with Crippen LogP contribution in [0.3, 0.4) is 0 Å². The van der Waals surface area contributed by atoms with Crippen LogP contribution < -0.4 is 10.1 Å². The Balaban J connectivity index is 1.71. The van der Waals surface area contributed by atoms with Crippen molar-refractivity contribution in [1.82, 2.24) is 10.2 Å². The van der Waals surface area contributed by atoms with Crippen LogP contribution in [-0.2, 0) is 16.1 Å². The van der Waals surface area contributed by atoms with Crippen LogP contribution >= 0.6 is 11.6 Å². The molecule has 1 aliphatic rings. The SMILES string of the molecule is Cc1cccc(CN(C(=O)COc2ccccc2Cl)[C@H](C)C(=O)NC2CCCCC2)c1. The molecule has 31 heavy (non-hydrogen) atoms. The van der Waals surface area contributed by atoms with Crippen LogP contribution in [0.25, 0.3) is 0 Å². The van der Waals surface area contributed by atoms with Crippen molar-refractivity contribution in [3.8, 4) is 5.75 Å². The molecule has 1 fully saturated rings. The smallest absolute Gasteiger partial charge is 0.261 e. The van der Waals surface area contributed by atoms with E-state index in [2.05, 4.69) is 5.32 Å². The Morgan fingerprint density at radius 1 is 1.13 bits per heavy atom. The number of carbonyl (C=O) groups excluding carboxylic acids is 2. The third kappa shape index (κ3) is 6.73. The summed E-state index contributed by atoms with van der Waals surface area (Å²) < 4.78 is 5.67. The number of halogens is 1. The molecule has 2 aromatic rings. The van der Waals surface area contributed by atoms with E-state index in [-0.39, 0.29) is 24.5 Å². The molecule has 0 saturated heterocycles. The van der Waals surface area contributed by atoms with Crippen molar-refractivity contribution in [2.45, 2.75) is 64.6 Å². The van der Waals surface area contributed by atoms with Crippen LogP contribution in [0, 0.1) is 6.92 Å². The number of carbonyl (C=O) groups is 2. The molecule has 1 atom stereocenters. The summed E-state index contributed by atoms with van der Waals surface area (Å²) >= 11 is 6.14. The molecule has 0 aliphatic heterocycles. The second-order valence-electron chi connectivity index (χ2n) is 8.25. The van der Waals surface area contributed by atoms with Gasteiger partial charge >= 0.3 is 0 Å². The van der Waals surface area contributed by atoms with Gasteiger partial charge < -0.3 is 15.0 Å². The Hall–Kier alpha value is -2.53. The summed E-state index contributed by atoms with van der Waals surface area (Å²) in [5, 5.41) is 3.59. The molecule has 3 rings (SSSR count). The maximum atomic E-state index is 13.1. The highest BCUT2D eigenvalue weighted by Crippen LogP contribution is 2.23. The maximum absolute atomic E-state index is 13.1. The number of ether oxygens (including phenoxy) is 1. The van der Waals surface area contributed by atoms with Crippen LogP contribution in [0.5, 0.6) is 5.75 Å². The number of nitrogens with zero attached hydrogens (tertiary/aromatic N) is 1. The Morgan fingerprint density at radius 3 is 2.58 bits per heavy atom. The molecule has 2 amide bonds. The van der Waals surface area contributed by atoms with Crippen molar-refractivity contribution >= 4 is 23.4 Å². The topological polar surface area (TPSA) is 58.6 Å². The van der Waals surface area contributed by atoms with Gasteiger partial charge in [-0.3, -0.25) is 9.59 Å². The van der Waals surface area contributed by atoms with Crippen molar-refractivity contribution in [2.75, 3.05) is 6.61 Å². The van der Waals surface area contributed by atoms with Gasteiger partial charge in [0, 0.05) is 12.6 Å². The number of amides is 2. The van der Waals surface area contributed by atoms with E-state index in [1.54, 1.807) is 36.1 Å². The van der Waals surface area contributed by atoms with E-state index in [9.17, 15) is 9.59 Å². The number of nitrogens with one attached hydrogen (secondary N) is 1. The van der Waals surface area contributed by atoms with Gasteiger partial charge in [0.1, 0.15) is 11.8 Å². The highest BCUT2D eigenvalue weighted by Gasteiger charge is 2.28. The minimum absolute atomic E-state index is 0.120. The first-order valence-corrected chi connectivity index (χ1v) is 11.3. The maximum Gasteiger partial charge on any atom is 0.261 e. The molecule has 0 heterocycles. The fourth-order valence-corrected chi connectivity index (χ4v) is 4.13. The summed E-state index contributed by atoms with van der Waals surface area (Å²) in [7, 11) is 0. The lowest BCUT2D eigenvalue weighted by atomic mass is 9.95. The van der Waals surface area contributed by atoms with Crippen molar-refractivity contribution in [3.63, 3.8) is 0 Å². The third-order valence-electron chi connectivity index (χ3n) is 5.74. The summed E-state index contributed by atoms with van der Waals surface area (Å²) in [5.74, 6) is 0.0747. The minimum Gasteiger partial charge on any atom is -0.482 e. The minimum atomic E-state index is -0.607. The van der Waals surface area contributed by atoms with E-state index in [1.165, 1.54) is 6.42 Å². The van der Waals surface area contributed by atoms with Crippen molar-refractivity contribution in [1.29, 1.82) is 0 Å². The van der Waals surface area contributed by atoms with Gasteiger partial charge in [0.15, 0.2) is 6.61 Å². The zero-order valence-corrected chi connectivity index (χ0v) is 19.0. The zero-order valence-electron chi connectivity index (χ0n) is 18.3. The van der Waals surface area contributed by atoms with Gasteiger partial charge in [-0.25, -0.2) is 0 Å². The van der Waals surface area contributed by atoms with Gasteiger partial charge in [0.2, 0.25) is 5.91 Å². The Morgan fingerprint density at radius 2 is 1.87 bits per heavy atom. The summed E-state index contributed by atoms with van der Waals surface area (Å²) in [6.45, 7) is 3.94. The first-order valence-electron chi connectivity index (χ1n) is 11.0. The molecule has 1 saturated carbocycles. The number of hydrogen-bond donors (Lipinski definition) is 1. The van der Waals surface area contributed by atoms with Gasteiger partial charge in [0.05, 0.1) is 5.02 Å². The predicted octanol–water partition coefficient (Wildman–Crippen LogP) is 4.89. The monoisotopic (exact) mass is 442 g/mol. The number of benzene rings is 2. The first-order chi connectivity index (χ1) is 14.9. The molecule has 0 radical (unpaired) electrons. The zero-order chi connectivity index (χ0) is 22.2. The van der Waals surface area contributed by atoms with Gasteiger partial charge in [-0.2, -0.15) is 0 Å². The molecule has 0 unspecified atom stereocenters. The Kier molecular flexibility index (Phi) is 8.35. The van der Waals surface area contributed by atoms with E-state index in [0.29, 0.717) is 17.3 Å². The van der Waals surface area contributed by atoms with Crippen LogP contribution in [0.2, 0.25) is 5.02 Å². The number of aryl methyl sites for hydroxylation is 1. The molecule has 0 spiro atoms. The average Bonchev–Trinajstić information content (AvgIpc) is 2.77. The molecule has 0 bridgehead atoms. The molecule has 1 N–H and O–H groups in total. The van der Waals surface area contributed by atoms with E-state index in [1.807, 2.05) is 31.2 Å². The average molecular weight is 443 g/mol. The molecular formula is C25H31ClN2O3. The summed E-state index contributed by atoms with van der Waals surface area (Å²) in [4.78, 5) is 27.7. The van der Waals surface area contributed by atoms with Gasteiger partial charge in [-0.1, -0.05) is 72.8 Å². The van der Waals surface area contributed by atoms with Crippen molar-refractivity contribution < 1.29 is 14.3 Å². The second-order valence-corrected chi connectivity index (χ2v) is 8.66. The van der Waals surface area contributed by atoms with Crippen molar-refractivity contribution in [3.05, 3.63) is 64.7 Å². The Labute approximate surface area is 189 Å². The van der Waals surface area contributed by atoms with Gasteiger partial charge in [-0.15, -0.1) is 0 Å². The lowest BCUT2D eigenvalue weighted by molar-refractivity contribution is -0.142.